The van der Waals surface area contributed by atoms with E-state index in [1.54, 1.807) is 6.20 Å². The second-order valence-electron chi connectivity index (χ2n) is 4.74. The van der Waals surface area contributed by atoms with Crippen LogP contribution in [-0.2, 0) is 0 Å². The summed E-state index contributed by atoms with van der Waals surface area (Å²) in [6.45, 7) is 2.03. The number of aromatic nitrogens is 1. The first-order chi connectivity index (χ1) is 9.25. The Labute approximate surface area is 112 Å². The van der Waals surface area contributed by atoms with Gasteiger partial charge in [0.25, 0.3) is 0 Å². The second kappa shape index (κ2) is 4.82. The van der Waals surface area contributed by atoms with Gasteiger partial charge in [0, 0.05) is 17.1 Å². The monoisotopic (exact) mass is 249 g/mol. The highest BCUT2D eigenvalue weighted by molar-refractivity contribution is 5.82. The van der Waals surface area contributed by atoms with Gasteiger partial charge in [0.1, 0.15) is 6.10 Å². The Balaban J connectivity index is 2.14. The molecule has 0 aliphatic heterocycles. The topological polar surface area (TPSA) is 33.1 Å². The minimum Gasteiger partial charge on any atom is -0.384 e. The van der Waals surface area contributed by atoms with Crippen molar-refractivity contribution < 1.29 is 5.11 Å². The minimum atomic E-state index is -0.640. The van der Waals surface area contributed by atoms with Crippen LogP contribution in [0.25, 0.3) is 10.9 Å². The number of para-hydroxylation sites is 1. The van der Waals surface area contributed by atoms with Crippen LogP contribution in [0.5, 0.6) is 0 Å². The van der Waals surface area contributed by atoms with Gasteiger partial charge in [0.2, 0.25) is 0 Å². The molecular weight excluding hydrogens is 234 g/mol. The SMILES string of the molecule is Cc1cccc(C(O)c2cccc3cccnc23)c1. The molecule has 0 radical (unpaired) electrons. The summed E-state index contributed by atoms with van der Waals surface area (Å²) >= 11 is 0. The van der Waals surface area contributed by atoms with Crippen molar-refractivity contribution >= 4 is 10.9 Å². The number of hydrogen-bond donors (Lipinski definition) is 1. The zero-order chi connectivity index (χ0) is 13.2. The van der Waals surface area contributed by atoms with Crippen LogP contribution >= 0.6 is 0 Å². The lowest BCUT2D eigenvalue weighted by Crippen LogP contribution is -2.01. The Kier molecular flexibility index (Phi) is 3.02. The average molecular weight is 249 g/mol. The van der Waals surface area contributed by atoms with E-state index in [-0.39, 0.29) is 0 Å². The van der Waals surface area contributed by atoms with E-state index in [9.17, 15) is 5.11 Å². The maximum absolute atomic E-state index is 10.6. The molecule has 19 heavy (non-hydrogen) atoms. The molecule has 0 aliphatic rings. The van der Waals surface area contributed by atoms with Gasteiger partial charge in [-0.15, -0.1) is 0 Å². The van der Waals surface area contributed by atoms with Crippen molar-refractivity contribution in [2.24, 2.45) is 0 Å². The first kappa shape index (κ1) is 11.9. The van der Waals surface area contributed by atoms with Crippen LogP contribution in [0.3, 0.4) is 0 Å². The van der Waals surface area contributed by atoms with Gasteiger partial charge in [0.05, 0.1) is 5.52 Å². The highest BCUT2D eigenvalue weighted by Crippen LogP contribution is 2.27. The first-order valence-electron chi connectivity index (χ1n) is 6.34. The van der Waals surface area contributed by atoms with Crippen molar-refractivity contribution in [3.05, 3.63) is 77.5 Å². The minimum absolute atomic E-state index is 0.640. The highest BCUT2D eigenvalue weighted by atomic mass is 16.3. The van der Waals surface area contributed by atoms with E-state index >= 15 is 0 Å². The van der Waals surface area contributed by atoms with Crippen LogP contribution in [0, 0.1) is 6.92 Å². The molecule has 2 nitrogen and oxygen atoms in total. The molecule has 0 spiro atoms. The number of hydrogen-bond acceptors (Lipinski definition) is 2. The fourth-order valence-electron chi connectivity index (χ4n) is 2.37. The Hall–Kier alpha value is -2.19. The third kappa shape index (κ3) is 2.23. The second-order valence-corrected chi connectivity index (χ2v) is 4.74. The molecule has 0 saturated carbocycles. The molecule has 0 bridgehead atoms. The van der Waals surface area contributed by atoms with Crippen LogP contribution in [0.1, 0.15) is 22.8 Å². The Morgan fingerprint density at radius 2 is 1.79 bits per heavy atom. The average Bonchev–Trinajstić information content (AvgIpc) is 2.46. The standard InChI is InChI=1S/C17H15NO/c1-12-5-2-7-14(11-12)17(19)15-9-3-6-13-8-4-10-18-16(13)15/h2-11,17,19H,1H3. The Morgan fingerprint density at radius 3 is 2.63 bits per heavy atom. The summed E-state index contributed by atoms with van der Waals surface area (Å²) in [5.41, 5.74) is 3.76. The zero-order valence-corrected chi connectivity index (χ0v) is 10.7. The predicted molar refractivity (Wildman–Crippen MR) is 77.0 cm³/mol. The molecule has 0 amide bonds. The molecule has 0 saturated heterocycles. The van der Waals surface area contributed by atoms with Crippen LogP contribution in [0.2, 0.25) is 0 Å². The summed E-state index contributed by atoms with van der Waals surface area (Å²) in [6.07, 6.45) is 1.12. The molecule has 94 valence electrons. The van der Waals surface area contributed by atoms with Crippen molar-refractivity contribution in [1.82, 2.24) is 4.98 Å². The number of aliphatic hydroxyl groups is 1. The summed E-state index contributed by atoms with van der Waals surface area (Å²) in [7, 11) is 0. The lowest BCUT2D eigenvalue weighted by Gasteiger charge is -2.14. The highest BCUT2D eigenvalue weighted by Gasteiger charge is 2.14. The largest absolute Gasteiger partial charge is 0.384 e. The number of fused-ring (bicyclic) bond motifs is 1. The van der Waals surface area contributed by atoms with Crippen molar-refractivity contribution in [3.8, 4) is 0 Å². The summed E-state index contributed by atoms with van der Waals surface area (Å²) < 4.78 is 0. The van der Waals surface area contributed by atoms with E-state index < -0.39 is 6.10 Å². The lowest BCUT2D eigenvalue weighted by molar-refractivity contribution is 0.221. The molecule has 1 unspecified atom stereocenters. The van der Waals surface area contributed by atoms with E-state index in [2.05, 4.69) is 4.98 Å². The van der Waals surface area contributed by atoms with Crippen molar-refractivity contribution in [2.45, 2.75) is 13.0 Å². The number of pyridine rings is 1. The maximum atomic E-state index is 10.6. The number of aryl methyl sites for hydroxylation is 1. The number of rotatable bonds is 2. The zero-order valence-electron chi connectivity index (χ0n) is 10.7. The molecule has 2 heteroatoms. The number of nitrogens with zero attached hydrogens (tertiary/aromatic N) is 1. The number of aliphatic hydroxyl groups excluding tert-OH is 1. The normalized spacial score (nSPS) is 12.5. The van der Waals surface area contributed by atoms with E-state index in [1.165, 1.54) is 0 Å². The Bertz CT molecular complexity index is 716. The van der Waals surface area contributed by atoms with Crippen molar-refractivity contribution in [3.63, 3.8) is 0 Å². The molecule has 3 rings (SSSR count). The van der Waals surface area contributed by atoms with Gasteiger partial charge in [-0.25, -0.2) is 0 Å². The Morgan fingerprint density at radius 1 is 1.00 bits per heavy atom. The van der Waals surface area contributed by atoms with Crippen LogP contribution in [0.4, 0.5) is 0 Å². The van der Waals surface area contributed by atoms with Crippen molar-refractivity contribution in [2.75, 3.05) is 0 Å². The van der Waals surface area contributed by atoms with Gasteiger partial charge in [-0.3, -0.25) is 4.98 Å². The van der Waals surface area contributed by atoms with Gasteiger partial charge in [0.15, 0.2) is 0 Å². The fourth-order valence-corrected chi connectivity index (χ4v) is 2.37. The van der Waals surface area contributed by atoms with E-state index in [1.807, 2.05) is 61.5 Å². The van der Waals surface area contributed by atoms with Crippen LogP contribution in [0.15, 0.2) is 60.8 Å². The quantitative estimate of drug-likeness (QED) is 0.752. The van der Waals surface area contributed by atoms with Gasteiger partial charge >= 0.3 is 0 Å². The van der Waals surface area contributed by atoms with E-state index in [0.29, 0.717) is 0 Å². The summed E-state index contributed by atoms with van der Waals surface area (Å²) in [4.78, 5) is 4.39. The van der Waals surface area contributed by atoms with E-state index in [0.717, 1.165) is 27.6 Å². The maximum Gasteiger partial charge on any atom is 0.106 e. The van der Waals surface area contributed by atoms with Crippen molar-refractivity contribution in [1.29, 1.82) is 0 Å². The molecule has 3 aromatic rings. The molecule has 2 aromatic carbocycles. The molecule has 1 N–H and O–H groups in total. The van der Waals surface area contributed by atoms with E-state index in [4.69, 9.17) is 0 Å². The first-order valence-corrected chi connectivity index (χ1v) is 6.34. The van der Waals surface area contributed by atoms with Gasteiger partial charge in [-0.05, 0) is 18.6 Å². The molecule has 1 atom stereocenters. The van der Waals surface area contributed by atoms with Gasteiger partial charge in [-0.1, -0.05) is 54.1 Å². The third-order valence-corrected chi connectivity index (χ3v) is 3.32. The molecular formula is C17H15NO. The van der Waals surface area contributed by atoms with Gasteiger partial charge in [-0.2, -0.15) is 0 Å². The summed E-state index contributed by atoms with van der Waals surface area (Å²) in [5, 5.41) is 11.6. The van der Waals surface area contributed by atoms with Gasteiger partial charge < -0.3 is 5.11 Å². The smallest absolute Gasteiger partial charge is 0.106 e. The molecule has 1 heterocycles. The number of benzene rings is 2. The third-order valence-electron chi connectivity index (χ3n) is 3.32. The van der Waals surface area contributed by atoms with Crippen LogP contribution in [-0.4, -0.2) is 10.1 Å². The molecule has 0 aliphatic carbocycles. The lowest BCUT2D eigenvalue weighted by atomic mass is 9.98. The fraction of sp³-hybridized carbons (Fsp3) is 0.118. The summed E-state index contributed by atoms with van der Waals surface area (Å²) in [5.74, 6) is 0. The molecule has 1 aromatic heterocycles. The van der Waals surface area contributed by atoms with Crippen LogP contribution < -0.4 is 0 Å². The summed E-state index contributed by atoms with van der Waals surface area (Å²) in [6, 6.07) is 17.8. The molecule has 0 fully saturated rings. The predicted octanol–water partition coefficient (Wildman–Crippen LogP) is 3.62.